The SMILES string of the molecule is CCCC(C)(NC(=O)c1nn(C)c2ccccc12)C(=O)O. The number of aryl methyl sites for hydroxylation is 1. The van der Waals surface area contributed by atoms with Gasteiger partial charge in [0.1, 0.15) is 5.54 Å². The Morgan fingerprint density at radius 1 is 1.38 bits per heavy atom. The molecule has 0 bridgehead atoms. The number of carboxylic acid groups (broad SMARTS) is 1. The lowest BCUT2D eigenvalue weighted by Crippen LogP contribution is -2.52. The number of benzene rings is 1. The summed E-state index contributed by atoms with van der Waals surface area (Å²) >= 11 is 0. The van der Waals surface area contributed by atoms with E-state index in [1.807, 2.05) is 25.1 Å². The zero-order valence-electron chi connectivity index (χ0n) is 12.4. The minimum atomic E-state index is -1.29. The molecule has 0 saturated heterocycles. The van der Waals surface area contributed by atoms with Crippen LogP contribution < -0.4 is 5.32 Å². The van der Waals surface area contributed by atoms with E-state index in [9.17, 15) is 14.7 Å². The van der Waals surface area contributed by atoms with E-state index in [2.05, 4.69) is 10.4 Å². The fraction of sp³-hybridized carbons (Fsp3) is 0.400. The monoisotopic (exact) mass is 289 g/mol. The Labute approximate surface area is 122 Å². The summed E-state index contributed by atoms with van der Waals surface area (Å²) in [6, 6.07) is 7.35. The zero-order valence-corrected chi connectivity index (χ0v) is 12.4. The third kappa shape index (κ3) is 2.74. The third-order valence-electron chi connectivity index (χ3n) is 3.58. The largest absolute Gasteiger partial charge is 0.480 e. The van der Waals surface area contributed by atoms with Crippen LogP contribution in [0.2, 0.25) is 0 Å². The fourth-order valence-electron chi connectivity index (χ4n) is 2.41. The average molecular weight is 289 g/mol. The van der Waals surface area contributed by atoms with Crippen LogP contribution in [0.15, 0.2) is 24.3 Å². The second kappa shape index (κ2) is 5.55. The Morgan fingerprint density at radius 3 is 2.67 bits per heavy atom. The van der Waals surface area contributed by atoms with E-state index in [-0.39, 0.29) is 5.69 Å². The van der Waals surface area contributed by atoms with Gasteiger partial charge in [0.15, 0.2) is 5.69 Å². The normalized spacial score (nSPS) is 13.9. The van der Waals surface area contributed by atoms with Crippen molar-refractivity contribution in [3.8, 4) is 0 Å². The first kappa shape index (κ1) is 15.0. The van der Waals surface area contributed by atoms with E-state index in [0.717, 1.165) is 5.52 Å². The van der Waals surface area contributed by atoms with Gasteiger partial charge in [-0.15, -0.1) is 0 Å². The Bertz CT molecular complexity index is 693. The number of nitrogens with zero attached hydrogens (tertiary/aromatic N) is 2. The summed E-state index contributed by atoms with van der Waals surface area (Å²) in [5, 5.41) is 16.9. The molecule has 1 aromatic carbocycles. The molecule has 2 aromatic rings. The van der Waals surface area contributed by atoms with Crippen molar-refractivity contribution in [2.45, 2.75) is 32.2 Å². The number of fused-ring (bicyclic) bond motifs is 1. The van der Waals surface area contributed by atoms with Gasteiger partial charge in [-0.25, -0.2) is 4.79 Å². The van der Waals surface area contributed by atoms with Crippen molar-refractivity contribution in [3.63, 3.8) is 0 Å². The number of aromatic nitrogens is 2. The fourth-order valence-corrected chi connectivity index (χ4v) is 2.41. The highest BCUT2D eigenvalue weighted by atomic mass is 16.4. The van der Waals surface area contributed by atoms with Gasteiger partial charge in [0, 0.05) is 12.4 Å². The molecule has 112 valence electrons. The molecule has 1 heterocycles. The summed E-state index contributed by atoms with van der Waals surface area (Å²) < 4.78 is 1.61. The maximum atomic E-state index is 12.4. The van der Waals surface area contributed by atoms with Crippen molar-refractivity contribution < 1.29 is 14.7 Å². The molecule has 0 aliphatic rings. The molecule has 1 aromatic heterocycles. The van der Waals surface area contributed by atoms with Crippen LogP contribution in [0.3, 0.4) is 0 Å². The van der Waals surface area contributed by atoms with Gasteiger partial charge in [0.25, 0.3) is 5.91 Å². The number of hydrogen-bond donors (Lipinski definition) is 2. The summed E-state index contributed by atoms with van der Waals surface area (Å²) in [6.45, 7) is 3.39. The van der Waals surface area contributed by atoms with E-state index < -0.39 is 17.4 Å². The van der Waals surface area contributed by atoms with Gasteiger partial charge in [-0.05, 0) is 19.4 Å². The smallest absolute Gasteiger partial charge is 0.329 e. The van der Waals surface area contributed by atoms with Gasteiger partial charge >= 0.3 is 5.97 Å². The van der Waals surface area contributed by atoms with Gasteiger partial charge in [0.2, 0.25) is 0 Å². The van der Waals surface area contributed by atoms with Gasteiger partial charge in [0.05, 0.1) is 5.52 Å². The van der Waals surface area contributed by atoms with Crippen LogP contribution in [0, 0.1) is 0 Å². The van der Waals surface area contributed by atoms with Crippen molar-refractivity contribution in [2.24, 2.45) is 7.05 Å². The van der Waals surface area contributed by atoms with Crippen molar-refractivity contribution in [1.82, 2.24) is 15.1 Å². The number of carbonyl (C=O) groups is 2. The van der Waals surface area contributed by atoms with Crippen LogP contribution in [0.4, 0.5) is 0 Å². The Hall–Kier alpha value is -2.37. The molecule has 6 heteroatoms. The Kier molecular flexibility index (Phi) is 3.97. The number of rotatable bonds is 5. The molecule has 6 nitrogen and oxygen atoms in total. The number of carbonyl (C=O) groups excluding carboxylic acids is 1. The molecule has 0 aliphatic heterocycles. The maximum Gasteiger partial charge on any atom is 0.329 e. The summed E-state index contributed by atoms with van der Waals surface area (Å²) in [5.74, 6) is -1.51. The first-order valence-corrected chi connectivity index (χ1v) is 6.86. The molecular weight excluding hydrogens is 270 g/mol. The average Bonchev–Trinajstić information content (AvgIpc) is 2.77. The lowest BCUT2D eigenvalue weighted by atomic mass is 9.96. The van der Waals surface area contributed by atoms with Gasteiger partial charge < -0.3 is 10.4 Å². The first-order valence-electron chi connectivity index (χ1n) is 6.86. The van der Waals surface area contributed by atoms with E-state index in [1.54, 1.807) is 17.8 Å². The Balaban J connectivity index is 2.37. The predicted molar refractivity (Wildman–Crippen MR) is 79.1 cm³/mol. The maximum absolute atomic E-state index is 12.4. The lowest BCUT2D eigenvalue weighted by Gasteiger charge is -2.25. The summed E-state index contributed by atoms with van der Waals surface area (Å²) in [5.41, 5.74) is -0.211. The van der Waals surface area contributed by atoms with Gasteiger partial charge in [-0.3, -0.25) is 9.48 Å². The molecule has 1 atom stereocenters. The molecule has 0 aliphatic carbocycles. The summed E-state index contributed by atoms with van der Waals surface area (Å²) in [7, 11) is 1.75. The number of hydrogen-bond acceptors (Lipinski definition) is 3. The highest BCUT2D eigenvalue weighted by molar-refractivity contribution is 6.06. The second-order valence-electron chi connectivity index (χ2n) is 5.33. The van der Waals surface area contributed by atoms with Crippen LogP contribution in [-0.2, 0) is 11.8 Å². The molecule has 1 unspecified atom stereocenters. The van der Waals surface area contributed by atoms with Crippen molar-refractivity contribution in [2.75, 3.05) is 0 Å². The number of aliphatic carboxylic acids is 1. The molecule has 0 spiro atoms. The molecule has 1 amide bonds. The molecule has 2 N–H and O–H groups in total. The van der Waals surface area contributed by atoms with Gasteiger partial charge in [-0.1, -0.05) is 31.5 Å². The van der Waals surface area contributed by atoms with Crippen molar-refractivity contribution in [1.29, 1.82) is 0 Å². The predicted octanol–water partition coefficient (Wildman–Crippen LogP) is 1.95. The van der Waals surface area contributed by atoms with E-state index in [1.165, 1.54) is 6.92 Å². The van der Waals surface area contributed by atoms with Crippen LogP contribution in [0.1, 0.15) is 37.2 Å². The third-order valence-corrected chi connectivity index (χ3v) is 3.58. The van der Waals surface area contributed by atoms with Crippen LogP contribution >= 0.6 is 0 Å². The topological polar surface area (TPSA) is 84.2 Å². The van der Waals surface area contributed by atoms with Crippen molar-refractivity contribution in [3.05, 3.63) is 30.0 Å². The standard InChI is InChI=1S/C15H19N3O3/c1-4-9-15(2,14(20)21)16-13(19)12-10-7-5-6-8-11(10)18(3)17-12/h5-8H,4,9H2,1-3H3,(H,16,19)(H,20,21). The number of nitrogens with one attached hydrogen (secondary N) is 1. The molecule has 0 radical (unpaired) electrons. The molecule has 0 saturated carbocycles. The van der Waals surface area contributed by atoms with Crippen molar-refractivity contribution >= 4 is 22.8 Å². The lowest BCUT2D eigenvalue weighted by molar-refractivity contribution is -0.144. The van der Waals surface area contributed by atoms with Gasteiger partial charge in [-0.2, -0.15) is 5.10 Å². The summed E-state index contributed by atoms with van der Waals surface area (Å²) in [6.07, 6.45) is 1.02. The molecular formula is C15H19N3O3. The van der Waals surface area contributed by atoms with E-state index in [4.69, 9.17) is 0 Å². The van der Waals surface area contributed by atoms with Crippen LogP contribution in [0.25, 0.3) is 10.9 Å². The number of carboxylic acids is 1. The quantitative estimate of drug-likeness (QED) is 0.881. The number of amides is 1. The Morgan fingerprint density at radius 2 is 2.05 bits per heavy atom. The molecule has 2 rings (SSSR count). The van der Waals surface area contributed by atoms with Crippen LogP contribution in [-0.4, -0.2) is 32.3 Å². The minimum Gasteiger partial charge on any atom is -0.480 e. The molecule has 21 heavy (non-hydrogen) atoms. The highest BCUT2D eigenvalue weighted by Gasteiger charge is 2.35. The first-order chi connectivity index (χ1) is 9.89. The minimum absolute atomic E-state index is 0.247. The van der Waals surface area contributed by atoms with E-state index >= 15 is 0 Å². The molecule has 0 fully saturated rings. The zero-order chi connectivity index (χ0) is 15.6. The van der Waals surface area contributed by atoms with E-state index in [0.29, 0.717) is 18.2 Å². The second-order valence-corrected chi connectivity index (χ2v) is 5.33. The number of para-hydroxylation sites is 1. The van der Waals surface area contributed by atoms with Crippen LogP contribution in [0.5, 0.6) is 0 Å². The summed E-state index contributed by atoms with van der Waals surface area (Å²) in [4.78, 5) is 23.8. The highest BCUT2D eigenvalue weighted by Crippen LogP contribution is 2.19.